The summed E-state index contributed by atoms with van der Waals surface area (Å²) in [7, 11) is 1.98. The van der Waals surface area contributed by atoms with E-state index in [1.807, 2.05) is 17.8 Å². The maximum atomic E-state index is 13.2. The molecule has 136 valence electrons. The number of thioether (sulfide) groups is 1. The van der Waals surface area contributed by atoms with Gasteiger partial charge in [0.25, 0.3) is 5.56 Å². The van der Waals surface area contributed by atoms with Gasteiger partial charge in [0.1, 0.15) is 10.7 Å². The first-order valence-electron chi connectivity index (χ1n) is 8.83. The average molecular weight is 387 g/mol. The molecule has 3 aromatic rings. The first-order valence-corrected chi connectivity index (χ1v) is 10.6. The quantitative estimate of drug-likeness (QED) is 0.380. The molecule has 3 aromatic heterocycles. The molecule has 0 aliphatic heterocycles. The molecule has 0 N–H and O–H groups in total. The molecule has 1 unspecified atom stereocenters. The van der Waals surface area contributed by atoms with Gasteiger partial charge in [-0.2, -0.15) is 0 Å². The molecule has 7 heteroatoms. The van der Waals surface area contributed by atoms with Gasteiger partial charge in [-0.25, -0.2) is 9.97 Å². The monoisotopic (exact) mass is 386 g/mol. The molecular formula is C19H22N4OS2. The minimum atomic E-state index is 0.0734. The highest BCUT2D eigenvalue weighted by atomic mass is 32.2. The van der Waals surface area contributed by atoms with Crippen molar-refractivity contribution >= 4 is 33.3 Å². The molecule has 5 nitrogen and oxygen atoms in total. The van der Waals surface area contributed by atoms with Gasteiger partial charge in [0.15, 0.2) is 5.16 Å². The lowest BCUT2D eigenvalue weighted by atomic mass is 9.89. The van der Waals surface area contributed by atoms with Gasteiger partial charge in [-0.15, -0.1) is 17.9 Å². The average Bonchev–Trinajstić information content (AvgIpc) is 3.18. The Morgan fingerprint density at radius 3 is 3.08 bits per heavy atom. The molecule has 0 fully saturated rings. The SMILES string of the molecule is C=CCn1c(SCc2nccn2C)nc2sc3c(c2c1=O)CCC(C)C3. The minimum absolute atomic E-state index is 0.0734. The van der Waals surface area contributed by atoms with Gasteiger partial charge in [-0.05, 0) is 30.7 Å². The van der Waals surface area contributed by atoms with Crippen molar-refractivity contribution in [2.24, 2.45) is 13.0 Å². The van der Waals surface area contributed by atoms with E-state index in [4.69, 9.17) is 4.98 Å². The molecule has 4 rings (SSSR count). The number of imidazole rings is 1. The number of aryl methyl sites for hydroxylation is 2. The van der Waals surface area contributed by atoms with E-state index in [1.165, 1.54) is 10.4 Å². The smallest absolute Gasteiger partial charge is 0.263 e. The van der Waals surface area contributed by atoms with Crippen LogP contribution in [0.3, 0.4) is 0 Å². The zero-order chi connectivity index (χ0) is 18.3. The summed E-state index contributed by atoms with van der Waals surface area (Å²) in [5.41, 5.74) is 1.31. The predicted octanol–water partition coefficient (Wildman–Crippen LogP) is 3.79. The standard InChI is InChI=1S/C19H22N4OS2/c1-4-8-23-18(24)16-13-6-5-12(2)10-14(13)26-17(16)21-19(23)25-11-15-20-7-9-22(15)3/h4,7,9,12H,1,5-6,8,10-11H2,2-3H3. The van der Waals surface area contributed by atoms with E-state index in [0.29, 0.717) is 18.2 Å². The van der Waals surface area contributed by atoms with Gasteiger partial charge < -0.3 is 4.57 Å². The van der Waals surface area contributed by atoms with Crippen LogP contribution in [0.15, 0.2) is 35.0 Å². The Kier molecular flexibility index (Phi) is 4.75. The topological polar surface area (TPSA) is 52.7 Å². The number of allylic oxidation sites excluding steroid dienone is 1. The first kappa shape index (κ1) is 17.5. The van der Waals surface area contributed by atoms with Crippen LogP contribution in [-0.4, -0.2) is 19.1 Å². The van der Waals surface area contributed by atoms with E-state index >= 15 is 0 Å². The van der Waals surface area contributed by atoms with E-state index in [-0.39, 0.29) is 5.56 Å². The Morgan fingerprint density at radius 1 is 1.50 bits per heavy atom. The van der Waals surface area contributed by atoms with Crippen molar-refractivity contribution in [2.45, 2.75) is 43.6 Å². The van der Waals surface area contributed by atoms with Gasteiger partial charge in [0.05, 0.1) is 11.1 Å². The molecule has 1 aliphatic carbocycles. The zero-order valence-corrected chi connectivity index (χ0v) is 16.7. The molecule has 0 bridgehead atoms. The highest BCUT2D eigenvalue weighted by Gasteiger charge is 2.24. The number of rotatable bonds is 5. The fourth-order valence-electron chi connectivity index (χ4n) is 3.47. The molecule has 0 saturated heterocycles. The molecule has 0 amide bonds. The third-order valence-electron chi connectivity index (χ3n) is 4.94. The molecule has 26 heavy (non-hydrogen) atoms. The van der Waals surface area contributed by atoms with Gasteiger partial charge in [-0.3, -0.25) is 9.36 Å². The molecule has 3 heterocycles. The third kappa shape index (κ3) is 3.03. The Labute approximate surface area is 160 Å². The van der Waals surface area contributed by atoms with Crippen LogP contribution < -0.4 is 5.56 Å². The van der Waals surface area contributed by atoms with Gasteiger partial charge in [-0.1, -0.05) is 24.8 Å². The van der Waals surface area contributed by atoms with E-state index in [9.17, 15) is 4.79 Å². The lowest BCUT2D eigenvalue weighted by Crippen LogP contribution is -2.23. The summed E-state index contributed by atoms with van der Waals surface area (Å²) in [4.78, 5) is 24.7. The van der Waals surface area contributed by atoms with Crippen LogP contribution in [0, 0.1) is 5.92 Å². The molecule has 0 spiro atoms. The lowest BCUT2D eigenvalue weighted by molar-refractivity contribution is 0.509. The summed E-state index contributed by atoms with van der Waals surface area (Å²) in [6.07, 6.45) is 8.68. The number of nitrogens with zero attached hydrogens (tertiary/aromatic N) is 4. The normalized spacial score (nSPS) is 16.8. The third-order valence-corrected chi connectivity index (χ3v) is 7.06. The van der Waals surface area contributed by atoms with Crippen LogP contribution in [0.25, 0.3) is 10.2 Å². The minimum Gasteiger partial charge on any atom is -0.337 e. The van der Waals surface area contributed by atoms with E-state index in [1.54, 1.807) is 39.9 Å². The Morgan fingerprint density at radius 2 is 2.35 bits per heavy atom. The van der Waals surface area contributed by atoms with Crippen LogP contribution in [0.1, 0.15) is 29.6 Å². The largest absolute Gasteiger partial charge is 0.337 e. The maximum absolute atomic E-state index is 13.2. The first-order chi connectivity index (χ1) is 12.6. The van der Waals surface area contributed by atoms with E-state index in [2.05, 4.69) is 18.5 Å². The van der Waals surface area contributed by atoms with Crippen molar-refractivity contribution < 1.29 is 0 Å². The van der Waals surface area contributed by atoms with Gasteiger partial charge in [0.2, 0.25) is 0 Å². The van der Waals surface area contributed by atoms with Crippen LogP contribution in [-0.2, 0) is 32.2 Å². The highest BCUT2D eigenvalue weighted by Crippen LogP contribution is 2.36. The molecule has 0 saturated carbocycles. The van der Waals surface area contributed by atoms with Crippen molar-refractivity contribution in [3.63, 3.8) is 0 Å². The van der Waals surface area contributed by atoms with Crippen molar-refractivity contribution in [1.82, 2.24) is 19.1 Å². The summed E-state index contributed by atoms with van der Waals surface area (Å²) in [5, 5.41) is 1.58. The highest BCUT2D eigenvalue weighted by molar-refractivity contribution is 7.98. The number of hydrogen-bond donors (Lipinski definition) is 0. The van der Waals surface area contributed by atoms with E-state index in [0.717, 1.165) is 40.5 Å². The van der Waals surface area contributed by atoms with Crippen molar-refractivity contribution in [3.8, 4) is 0 Å². The Balaban J connectivity index is 1.79. The van der Waals surface area contributed by atoms with Crippen LogP contribution >= 0.6 is 23.1 Å². The fraction of sp³-hybridized carbons (Fsp3) is 0.421. The second-order valence-corrected chi connectivity index (χ2v) is 8.90. The van der Waals surface area contributed by atoms with Crippen molar-refractivity contribution in [2.75, 3.05) is 0 Å². The number of thiophene rings is 1. The lowest BCUT2D eigenvalue weighted by Gasteiger charge is -2.17. The maximum Gasteiger partial charge on any atom is 0.263 e. The number of fused-ring (bicyclic) bond motifs is 3. The molecule has 0 aromatic carbocycles. The predicted molar refractivity (Wildman–Crippen MR) is 108 cm³/mol. The second-order valence-electron chi connectivity index (χ2n) is 6.87. The van der Waals surface area contributed by atoms with Crippen LogP contribution in [0.5, 0.6) is 0 Å². The van der Waals surface area contributed by atoms with Crippen LogP contribution in [0.4, 0.5) is 0 Å². The Bertz CT molecular complexity index is 1030. The van der Waals surface area contributed by atoms with Crippen LogP contribution in [0.2, 0.25) is 0 Å². The summed E-state index contributed by atoms with van der Waals surface area (Å²) >= 11 is 3.26. The molecule has 0 radical (unpaired) electrons. The Hall–Kier alpha value is -1.86. The second kappa shape index (κ2) is 7.04. The summed E-state index contributed by atoms with van der Waals surface area (Å²) in [6, 6.07) is 0. The zero-order valence-electron chi connectivity index (χ0n) is 15.1. The van der Waals surface area contributed by atoms with E-state index < -0.39 is 0 Å². The summed E-state index contributed by atoms with van der Waals surface area (Å²) < 4.78 is 3.75. The van der Waals surface area contributed by atoms with Gasteiger partial charge >= 0.3 is 0 Å². The summed E-state index contributed by atoms with van der Waals surface area (Å²) in [6.45, 7) is 6.58. The van der Waals surface area contributed by atoms with Crippen molar-refractivity contribution in [3.05, 3.63) is 51.7 Å². The fourth-order valence-corrected chi connectivity index (χ4v) is 5.91. The molecule has 1 aliphatic rings. The number of aromatic nitrogens is 4. The number of hydrogen-bond acceptors (Lipinski definition) is 5. The molecule has 1 atom stereocenters. The van der Waals surface area contributed by atoms with Gasteiger partial charge in [0, 0.05) is 30.9 Å². The van der Waals surface area contributed by atoms with Crippen molar-refractivity contribution in [1.29, 1.82) is 0 Å². The summed E-state index contributed by atoms with van der Waals surface area (Å²) in [5.74, 6) is 2.33. The molecular weight excluding hydrogens is 364 g/mol.